The Labute approximate surface area is 162 Å². The monoisotopic (exact) mass is 401 g/mol. The lowest BCUT2D eigenvalue weighted by atomic mass is 10.2. The molecule has 3 rings (SSSR count). The first-order valence-electron chi connectivity index (χ1n) is 7.82. The summed E-state index contributed by atoms with van der Waals surface area (Å²) in [6, 6.07) is 10.0. The zero-order valence-electron chi connectivity index (χ0n) is 14.0. The predicted octanol–water partition coefficient (Wildman–Crippen LogP) is 3.48. The number of rotatable bonds is 5. The number of non-ortho nitro benzene ring substituents is 1. The van der Waals surface area contributed by atoms with E-state index in [0.29, 0.717) is 10.5 Å². The van der Waals surface area contributed by atoms with E-state index < -0.39 is 29.2 Å². The number of nitrogens with one attached hydrogen (secondary N) is 2. The molecule has 2 aromatic carbocycles. The third kappa shape index (κ3) is 4.13. The van der Waals surface area contributed by atoms with Crippen molar-refractivity contribution in [1.82, 2.24) is 10.3 Å². The van der Waals surface area contributed by atoms with Gasteiger partial charge in [0.1, 0.15) is 6.54 Å². The average molecular weight is 402 g/mol. The number of hydrogen-bond acceptors (Lipinski definition) is 6. The molecule has 1 aromatic heterocycles. The number of nitro groups is 1. The predicted molar refractivity (Wildman–Crippen MR) is 99.9 cm³/mol. The van der Waals surface area contributed by atoms with Crippen molar-refractivity contribution < 1.29 is 19.6 Å². The topological polar surface area (TPSA) is 150 Å². The van der Waals surface area contributed by atoms with Crippen LogP contribution in [-0.4, -0.2) is 33.4 Å². The lowest BCUT2D eigenvalue weighted by molar-refractivity contribution is -0.384. The summed E-state index contributed by atoms with van der Waals surface area (Å²) < 4.78 is 0. The lowest BCUT2D eigenvalue weighted by Gasteiger charge is -2.02. The molecule has 11 heteroatoms. The summed E-state index contributed by atoms with van der Waals surface area (Å²) in [5.74, 6) is -1.69. The van der Waals surface area contributed by atoms with Gasteiger partial charge in [-0.2, -0.15) is 0 Å². The van der Waals surface area contributed by atoms with Gasteiger partial charge in [0.2, 0.25) is 5.88 Å². The molecule has 0 unspecified atom stereocenters. The van der Waals surface area contributed by atoms with E-state index in [0.717, 1.165) is 0 Å². The Hall–Kier alpha value is -3.79. The molecule has 0 aliphatic rings. The SMILES string of the molecule is O=C(CNC(=O)c1cccc(Cl)c1)N=Nc1c(O)[nH]c2ccc([N+](=O)[O-])cc12. The van der Waals surface area contributed by atoms with Gasteiger partial charge in [0.15, 0.2) is 5.69 Å². The Morgan fingerprint density at radius 3 is 2.75 bits per heavy atom. The van der Waals surface area contributed by atoms with Crippen LogP contribution >= 0.6 is 11.6 Å². The second-order valence-electron chi connectivity index (χ2n) is 5.60. The number of nitrogens with zero attached hydrogens (tertiary/aromatic N) is 3. The van der Waals surface area contributed by atoms with Crippen LogP contribution < -0.4 is 5.32 Å². The quantitative estimate of drug-likeness (QED) is 0.339. The fraction of sp³-hybridized carbons (Fsp3) is 0.0588. The number of hydrogen-bond donors (Lipinski definition) is 3. The van der Waals surface area contributed by atoms with Crippen LogP contribution in [0.2, 0.25) is 5.02 Å². The number of amides is 2. The fourth-order valence-electron chi connectivity index (χ4n) is 2.40. The summed E-state index contributed by atoms with van der Waals surface area (Å²) in [6.07, 6.45) is 0. The lowest BCUT2D eigenvalue weighted by Crippen LogP contribution is -2.28. The second kappa shape index (κ2) is 7.84. The molecule has 0 atom stereocenters. The van der Waals surface area contributed by atoms with Gasteiger partial charge < -0.3 is 15.4 Å². The summed E-state index contributed by atoms with van der Waals surface area (Å²) in [7, 11) is 0. The molecule has 3 N–H and O–H groups in total. The number of halogens is 1. The van der Waals surface area contributed by atoms with Gasteiger partial charge >= 0.3 is 0 Å². The fourth-order valence-corrected chi connectivity index (χ4v) is 2.59. The summed E-state index contributed by atoms with van der Waals surface area (Å²) >= 11 is 5.80. The van der Waals surface area contributed by atoms with Crippen LogP contribution in [0.25, 0.3) is 10.9 Å². The molecular formula is C17H12ClN5O5. The third-order valence-electron chi connectivity index (χ3n) is 3.69. The van der Waals surface area contributed by atoms with Crippen molar-refractivity contribution >= 4 is 45.7 Å². The van der Waals surface area contributed by atoms with Crippen LogP contribution in [0.3, 0.4) is 0 Å². The Bertz CT molecular complexity index is 1120. The van der Waals surface area contributed by atoms with Crippen molar-refractivity contribution in [3.63, 3.8) is 0 Å². The number of carbonyl (C=O) groups is 2. The number of nitro benzene ring substituents is 1. The van der Waals surface area contributed by atoms with E-state index in [1.807, 2.05) is 0 Å². The van der Waals surface area contributed by atoms with E-state index in [2.05, 4.69) is 20.5 Å². The maximum Gasteiger partial charge on any atom is 0.283 e. The van der Waals surface area contributed by atoms with Gasteiger partial charge in [0, 0.05) is 28.1 Å². The maximum absolute atomic E-state index is 12.0. The number of aromatic amines is 1. The molecule has 2 amide bonds. The molecule has 10 nitrogen and oxygen atoms in total. The molecule has 0 saturated heterocycles. The highest BCUT2D eigenvalue weighted by Gasteiger charge is 2.15. The minimum atomic E-state index is -0.783. The largest absolute Gasteiger partial charge is 0.493 e. The Morgan fingerprint density at radius 2 is 2.04 bits per heavy atom. The maximum atomic E-state index is 12.0. The minimum Gasteiger partial charge on any atom is -0.493 e. The van der Waals surface area contributed by atoms with E-state index in [-0.39, 0.29) is 22.3 Å². The first-order chi connectivity index (χ1) is 13.3. The molecule has 28 heavy (non-hydrogen) atoms. The molecule has 3 aromatic rings. The van der Waals surface area contributed by atoms with E-state index in [9.17, 15) is 24.8 Å². The Kier molecular flexibility index (Phi) is 5.32. The summed E-state index contributed by atoms with van der Waals surface area (Å²) in [5, 5.41) is 30.9. The number of H-pyrrole nitrogens is 1. The van der Waals surface area contributed by atoms with Crippen LogP contribution in [0.4, 0.5) is 11.4 Å². The van der Waals surface area contributed by atoms with Gasteiger partial charge in [0.25, 0.3) is 17.5 Å². The molecule has 0 bridgehead atoms. The van der Waals surface area contributed by atoms with Crippen LogP contribution in [0, 0.1) is 10.1 Å². The molecule has 1 heterocycles. The standard InChI is InChI=1S/C17H12ClN5O5/c18-10-3-1-2-9(6-10)16(25)19-8-14(24)21-22-15-12-7-11(23(27)28)4-5-13(12)20-17(15)26/h1-7,20,26H,8H2,(H,19,25). The van der Waals surface area contributed by atoms with Crippen LogP contribution in [0.5, 0.6) is 5.88 Å². The Morgan fingerprint density at radius 1 is 1.25 bits per heavy atom. The van der Waals surface area contributed by atoms with E-state index in [4.69, 9.17) is 11.6 Å². The highest BCUT2D eigenvalue weighted by atomic mass is 35.5. The van der Waals surface area contributed by atoms with Gasteiger partial charge in [0.05, 0.1) is 10.4 Å². The third-order valence-corrected chi connectivity index (χ3v) is 3.93. The van der Waals surface area contributed by atoms with Gasteiger partial charge in [-0.25, -0.2) is 0 Å². The average Bonchev–Trinajstić information content (AvgIpc) is 2.98. The van der Waals surface area contributed by atoms with Gasteiger partial charge in [-0.1, -0.05) is 17.7 Å². The molecule has 0 radical (unpaired) electrons. The van der Waals surface area contributed by atoms with Crippen molar-refractivity contribution in [2.75, 3.05) is 6.54 Å². The molecule has 0 aliphatic carbocycles. The zero-order valence-corrected chi connectivity index (χ0v) is 14.8. The molecule has 0 aliphatic heterocycles. The molecule has 0 spiro atoms. The molecule has 0 fully saturated rings. The van der Waals surface area contributed by atoms with Crippen molar-refractivity contribution in [3.05, 3.63) is 63.2 Å². The van der Waals surface area contributed by atoms with E-state index in [1.54, 1.807) is 12.1 Å². The van der Waals surface area contributed by atoms with Gasteiger partial charge in [-0.3, -0.25) is 19.7 Å². The molecule has 0 saturated carbocycles. The van der Waals surface area contributed by atoms with Crippen LogP contribution in [0.1, 0.15) is 10.4 Å². The highest BCUT2D eigenvalue weighted by molar-refractivity contribution is 6.31. The smallest absolute Gasteiger partial charge is 0.283 e. The van der Waals surface area contributed by atoms with Crippen molar-refractivity contribution in [2.45, 2.75) is 0 Å². The number of aromatic nitrogens is 1. The first kappa shape index (κ1) is 19.0. The van der Waals surface area contributed by atoms with Crippen molar-refractivity contribution in [1.29, 1.82) is 0 Å². The zero-order chi connectivity index (χ0) is 20.3. The number of azo groups is 1. The highest BCUT2D eigenvalue weighted by Crippen LogP contribution is 2.37. The normalized spacial score (nSPS) is 11.0. The van der Waals surface area contributed by atoms with Gasteiger partial charge in [-0.05, 0) is 24.3 Å². The second-order valence-corrected chi connectivity index (χ2v) is 6.03. The van der Waals surface area contributed by atoms with Crippen molar-refractivity contribution in [3.8, 4) is 5.88 Å². The van der Waals surface area contributed by atoms with Crippen molar-refractivity contribution in [2.24, 2.45) is 10.2 Å². The van der Waals surface area contributed by atoms with E-state index >= 15 is 0 Å². The van der Waals surface area contributed by atoms with Crippen LogP contribution in [0.15, 0.2) is 52.7 Å². The molecular weight excluding hydrogens is 390 g/mol. The Balaban J connectivity index is 1.72. The summed E-state index contributed by atoms with van der Waals surface area (Å²) in [5.41, 5.74) is 0.342. The van der Waals surface area contributed by atoms with Crippen LogP contribution in [-0.2, 0) is 4.79 Å². The van der Waals surface area contributed by atoms with E-state index in [1.165, 1.54) is 30.3 Å². The number of carbonyl (C=O) groups excluding carboxylic acids is 2. The number of benzene rings is 2. The first-order valence-corrected chi connectivity index (χ1v) is 8.20. The number of aromatic hydroxyl groups is 1. The van der Waals surface area contributed by atoms with Gasteiger partial charge in [-0.15, -0.1) is 10.2 Å². The molecule has 142 valence electrons. The summed E-state index contributed by atoms with van der Waals surface area (Å²) in [4.78, 5) is 36.7. The summed E-state index contributed by atoms with van der Waals surface area (Å²) in [6.45, 7) is -0.432. The minimum absolute atomic E-state index is 0.117. The number of fused-ring (bicyclic) bond motifs is 1.